The van der Waals surface area contributed by atoms with Crippen LogP contribution in [0.1, 0.15) is 49.3 Å². The van der Waals surface area contributed by atoms with E-state index in [1.54, 1.807) is 0 Å². The van der Waals surface area contributed by atoms with Crippen LogP contribution in [0.4, 0.5) is 0 Å². The van der Waals surface area contributed by atoms with Crippen LogP contribution < -0.4 is 0 Å². The van der Waals surface area contributed by atoms with Crippen molar-refractivity contribution < 1.29 is 0 Å². The highest BCUT2D eigenvalue weighted by Crippen LogP contribution is 2.44. The van der Waals surface area contributed by atoms with Crippen LogP contribution in [-0.2, 0) is 6.42 Å². The summed E-state index contributed by atoms with van der Waals surface area (Å²) in [5.41, 5.74) is 2.92. The first-order valence-corrected chi connectivity index (χ1v) is 7.34. The van der Waals surface area contributed by atoms with Gasteiger partial charge in [0, 0.05) is 22.6 Å². The molecule has 0 N–H and O–H groups in total. The normalized spacial score (nSPS) is 33.7. The van der Waals surface area contributed by atoms with Gasteiger partial charge in [0.05, 0.1) is 0 Å². The van der Waals surface area contributed by atoms with Gasteiger partial charge in [-0.1, -0.05) is 28.4 Å². The summed E-state index contributed by atoms with van der Waals surface area (Å²) in [6.45, 7) is 0. The maximum atomic E-state index is 4.63. The molecule has 3 atom stereocenters. The van der Waals surface area contributed by atoms with Gasteiger partial charge < -0.3 is 0 Å². The first kappa shape index (κ1) is 10.8. The van der Waals surface area contributed by atoms with E-state index < -0.39 is 0 Å². The molecule has 16 heavy (non-hydrogen) atoms. The second kappa shape index (κ2) is 4.48. The zero-order valence-corrected chi connectivity index (χ0v) is 11.1. The van der Waals surface area contributed by atoms with Crippen LogP contribution in [0.3, 0.4) is 0 Å². The molecule has 2 heteroatoms. The molecule has 0 aliphatic heterocycles. The molecular weight excluding hydrogens is 262 g/mol. The lowest BCUT2D eigenvalue weighted by Crippen LogP contribution is -2.20. The fourth-order valence-electron chi connectivity index (χ4n) is 3.43. The van der Waals surface area contributed by atoms with E-state index in [2.05, 4.69) is 33.0 Å². The average Bonchev–Trinajstić information content (AvgIpc) is 2.72. The molecule has 0 radical (unpaired) electrons. The lowest BCUT2D eigenvalue weighted by atomic mass is 9.79. The van der Waals surface area contributed by atoms with Crippen molar-refractivity contribution in [3.8, 4) is 0 Å². The minimum absolute atomic E-state index is 0.747. The Balaban J connectivity index is 1.81. The zero-order valence-electron chi connectivity index (χ0n) is 9.53. The zero-order chi connectivity index (χ0) is 11.0. The van der Waals surface area contributed by atoms with Gasteiger partial charge >= 0.3 is 0 Å². The molecule has 0 amide bonds. The molecule has 1 nitrogen and oxygen atoms in total. The van der Waals surface area contributed by atoms with Crippen LogP contribution in [0.25, 0.3) is 0 Å². The van der Waals surface area contributed by atoms with Crippen molar-refractivity contribution in [2.24, 2.45) is 5.92 Å². The molecule has 3 unspecified atom stereocenters. The summed E-state index contributed by atoms with van der Waals surface area (Å²) in [5, 5.41) is 0. The number of aromatic nitrogens is 1. The number of rotatable bonds is 1. The molecule has 0 aromatic carbocycles. The van der Waals surface area contributed by atoms with Crippen molar-refractivity contribution in [2.45, 2.75) is 49.3 Å². The van der Waals surface area contributed by atoms with E-state index in [4.69, 9.17) is 0 Å². The largest absolute Gasteiger partial charge is 0.261 e. The first-order chi connectivity index (χ1) is 7.84. The Kier molecular flexibility index (Phi) is 3.01. The number of nitrogens with zero attached hydrogens (tertiary/aromatic N) is 1. The van der Waals surface area contributed by atoms with E-state index in [0.29, 0.717) is 0 Å². The molecule has 1 aromatic rings. The minimum atomic E-state index is 0.747. The van der Waals surface area contributed by atoms with Gasteiger partial charge in [0.1, 0.15) is 0 Å². The Morgan fingerprint density at radius 3 is 3.06 bits per heavy atom. The monoisotopic (exact) mass is 279 g/mol. The van der Waals surface area contributed by atoms with E-state index in [9.17, 15) is 0 Å². The number of aryl methyl sites for hydroxylation is 1. The van der Waals surface area contributed by atoms with E-state index >= 15 is 0 Å². The lowest BCUT2D eigenvalue weighted by Gasteiger charge is -2.30. The number of hydrogen-bond donors (Lipinski definition) is 0. The Morgan fingerprint density at radius 1 is 1.25 bits per heavy atom. The number of pyridine rings is 1. The van der Waals surface area contributed by atoms with Gasteiger partial charge in [-0.3, -0.25) is 4.98 Å². The summed E-state index contributed by atoms with van der Waals surface area (Å²) in [7, 11) is 0. The van der Waals surface area contributed by atoms with E-state index in [1.165, 1.54) is 49.8 Å². The van der Waals surface area contributed by atoms with Gasteiger partial charge in [-0.25, -0.2) is 0 Å². The molecule has 1 aromatic heterocycles. The standard InChI is InChI=1S/C14H18BrN/c15-12-5-1-3-11(9-12)13-7-6-10-4-2-8-16-14(10)13/h2,4,8,11-13H,1,3,5-7,9H2. The van der Waals surface area contributed by atoms with Crippen LogP contribution in [0.5, 0.6) is 0 Å². The third-order valence-corrected chi connectivity index (χ3v) is 5.05. The summed E-state index contributed by atoms with van der Waals surface area (Å²) >= 11 is 3.80. The third-order valence-electron chi connectivity index (χ3n) is 4.22. The summed E-state index contributed by atoms with van der Waals surface area (Å²) < 4.78 is 0. The van der Waals surface area contributed by atoms with Crippen LogP contribution >= 0.6 is 15.9 Å². The molecular formula is C14H18BrN. The van der Waals surface area contributed by atoms with Crippen molar-refractivity contribution in [3.63, 3.8) is 0 Å². The molecule has 3 rings (SSSR count). The lowest BCUT2D eigenvalue weighted by molar-refractivity contribution is 0.309. The van der Waals surface area contributed by atoms with Crippen LogP contribution in [0.15, 0.2) is 18.3 Å². The van der Waals surface area contributed by atoms with Gasteiger partial charge in [-0.2, -0.15) is 0 Å². The maximum absolute atomic E-state index is 4.63. The van der Waals surface area contributed by atoms with Crippen molar-refractivity contribution in [3.05, 3.63) is 29.6 Å². The molecule has 1 saturated carbocycles. The predicted octanol–water partition coefficient (Wildman–Crippen LogP) is 4.07. The highest BCUT2D eigenvalue weighted by molar-refractivity contribution is 9.09. The minimum Gasteiger partial charge on any atom is -0.261 e. The van der Waals surface area contributed by atoms with E-state index in [1.807, 2.05) is 6.20 Å². The third kappa shape index (κ3) is 1.92. The van der Waals surface area contributed by atoms with Gasteiger partial charge in [0.25, 0.3) is 0 Å². The maximum Gasteiger partial charge on any atom is 0.0469 e. The Hall–Kier alpha value is -0.370. The highest BCUT2D eigenvalue weighted by Gasteiger charge is 2.33. The van der Waals surface area contributed by atoms with Gasteiger partial charge in [0.2, 0.25) is 0 Å². The van der Waals surface area contributed by atoms with Gasteiger partial charge in [-0.05, 0) is 49.7 Å². The number of fused-ring (bicyclic) bond motifs is 1. The molecule has 2 aliphatic carbocycles. The second-order valence-electron chi connectivity index (χ2n) is 5.22. The van der Waals surface area contributed by atoms with Crippen molar-refractivity contribution in [2.75, 3.05) is 0 Å². The number of halogens is 1. The highest BCUT2D eigenvalue weighted by atomic mass is 79.9. The Labute approximate surface area is 106 Å². The van der Waals surface area contributed by atoms with Gasteiger partial charge in [0.15, 0.2) is 0 Å². The smallest absolute Gasteiger partial charge is 0.0469 e. The number of alkyl halides is 1. The summed E-state index contributed by atoms with van der Waals surface area (Å²) in [6.07, 6.45) is 10.0. The van der Waals surface area contributed by atoms with Crippen LogP contribution in [-0.4, -0.2) is 9.81 Å². The SMILES string of the molecule is BrC1CCCC(C2CCc3cccnc32)C1. The van der Waals surface area contributed by atoms with Crippen LogP contribution in [0, 0.1) is 5.92 Å². The van der Waals surface area contributed by atoms with Crippen molar-refractivity contribution in [1.29, 1.82) is 0 Å². The molecule has 0 saturated heterocycles. The van der Waals surface area contributed by atoms with Crippen molar-refractivity contribution >= 4 is 15.9 Å². The topological polar surface area (TPSA) is 12.9 Å². The van der Waals surface area contributed by atoms with E-state index in [-0.39, 0.29) is 0 Å². The predicted molar refractivity (Wildman–Crippen MR) is 70.0 cm³/mol. The molecule has 1 heterocycles. The summed E-state index contributed by atoms with van der Waals surface area (Å²) in [5.74, 6) is 1.62. The fourth-order valence-corrected chi connectivity index (χ4v) is 4.24. The molecule has 1 fully saturated rings. The molecule has 86 valence electrons. The molecule has 2 aliphatic rings. The summed E-state index contributed by atoms with van der Waals surface area (Å²) in [6, 6.07) is 4.34. The van der Waals surface area contributed by atoms with Gasteiger partial charge in [-0.15, -0.1) is 0 Å². The van der Waals surface area contributed by atoms with Crippen molar-refractivity contribution in [1.82, 2.24) is 4.98 Å². The molecule has 0 spiro atoms. The molecule has 0 bridgehead atoms. The number of hydrogen-bond acceptors (Lipinski definition) is 1. The quantitative estimate of drug-likeness (QED) is 0.707. The summed E-state index contributed by atoms with van der Waals surface area (Å²) in [4.78, 5) is 5.37. The Morgan fingerprint density at radius 2 is 2.19 bits per heavy atom. The first-order valence-electron chi connectivity index (χ1n) is 6.42. The fraction of sp³-hybridized carbons (Fsp3) is 0.643. The van der Waals surface area contributed by atoms with Crippen LogP contribution in [0.2, 0.25) is 0 Å². The Bertz CT molecular complexity index is 377. The average molecular weight is 280 g/mol. The second-order valence-corrected chi connectivity index (χ2v) is 6.51. The van der Waals surface area contributed by atoms with E-state index in [0.717, 1.165) is 16.7 Å².